The molecule has 1 saturated carbocycles. The first kappa shape index (κ1) is 11.1. The molecule has 2 heterocycles. The second-order valence-electron chi connectivity index (χ2n) is 4.81. The molecule has 0 aromatic carbocycles. The van der Waals surface area contributed by atoms with Crippen LogP contribution in [0.1, 0.15) is 30.3 Å². The second kappa shape index (κ2) is 3.76. The predicted octanol–water partition coefficient (Wildman–Crippen LogP) is 1.24. The Balaban J connectivity index is 2.01. The molecule has 0 spiro atoms. The average Bonchev–Trinajstić information content (AvgIpc) is 3.07. The van der Waals surface area contributed by atoms with Gasteiger partial charge in [-0.2, -0.15) is 0 Å². The number of anilines is 1. The summed E-state index contributed by atoms with van der Waals surface area (Å²) in [6.07, 6.45) is 3.73. The van der Waals surface area contributed by atoms with Gasteiger partial charge in [-0.05, 0) is 18.8 Å². The normalized spacial score (nSPS) is 22.3. The van der Waals surface area contributed by atoms with Crippen molar-refractivity contribution in [3.05, 3.63) is 11.9 Å². The van der Waals surface area contributed by atoms with Crippen molar-refractivity contribution in [1.82, 2.24) is 4.98 Å². The molecule has 1 amide bonds. The number of fused-ring (bicyclic) bond motifs is 1. The summed E-state index contributed by atoms with van der Waals surface area (Å²) in [5.41, 5.74) is 0.362. The minimum Gasteiger partial charge on any atom is -0.484 e. The maximum absolute atomic E-state index is 11.7. The van der Waals surface area contributed by atoms with E-state index in [4.69, 9.17) is 9.84 Å². The highest BCUT2D eigenvalue weighted by atomic mass is 16.5. The van der Waals surface area contributed by atoms with Crippen molar-refractivity contribution in [2.75, 3.05) is 11.4 Å². The zero-order valence-corrected chi connectivity index (χ0v) is 9.97. The van der Waals surface area contributed by atoms with Gasteiger partial charge < -0.3 is 19.7 Å². The Morgan fingerprint density at radius 2 is 2.22 bits per heavy atom. The number of nitrogens with one attached hydrogen (secondary N) is 1. The molecule has 1 aromatic rings. The van der Waals surface area contributed by atoms with Gasteiger partial charge in [0.05, 0.1) is 6.54 Å². The first-order valence-corrected chi connectivity index (χ1v) is 5.97. The van der Waals surface area contributed by atoms with Gasteiger partial charge in [-0.25, -0.2) is 4.79 Å². The number of amides is 1. The van der Waals surface area contributed by atoms with E-state index in [1.807, 2.05) is 0 Å². The van der Waals surface area contributed by atoms with Crippen molar-refractivity contribution < 1.29 is 19.4 Å². The number of hydrogen-bond donors (Lipinski definition) is 2. The lowest BCUT2D eigenvalue weighted by molar-refractivity contribution is -0.117. The number of carbonyl (C=O) groups is 2. The molecule has 96 valence electrons. The summed E-state index contributed by atoms with van der Waals surface area (Å²) in [6.45, 7) is 1.88. The SMILES string of the molecule is CC(=O)N1CC(C2CC2)Oc2c[nH]c(C(=O)O)c21. The number of hydrogen-bond acceptors (Lipinski definition) is 3. The molecule has 18 heavy (non-hydrogen) atoms. The third-order valence-corrected chi connectivity index (χ3v) is 3.47. The van der Waals surface area contributed by atoms with Gasteiger partial charge in [-0.1, -0.05) is 0 Å². The van der Waals surface area contributed by atoms with Crippen molar-refractivity contribution in [2.45, 2.75) is 25.9 Å². The summed E-state index contributed by atoms with van der Waals surface area (Å²) in [5.74, 6) is -0.294. The standard InChI is InChI=1S/C12H14N2O4/c1-6(15)14-5-9(7-2-3-7)18-8-4-13-10(11(8)14)12(16)17/h4,7,9,13H,2-3,5H2,1H3,(H,16,17). The Kier molecular flexibility index (Phi) is 2.33. The summed E-state index contributed by atoms with van der Waals surface area (Å²) in [4.78, 5) is 27.0. The van der Waals surface area contributed by atoms with E-state index in [0.717, 1.165) is 12.8 Å². The van der Waals surface area contributed by atoms with Crippen LogP contribution in [-0.4, -0.2) is 34.6 Å². The van der Waals surface area contributed by atoms with Gasteiger partial charge in [0.2, 0.25) is 5.91 Å². The molecule has 2 aliphatic rings. The molecule has 3 rings (SSSR count). The van der Waals surface area contributed by atoms with E-state index in [9.17, 15) is 9.59 Å². The Morgan fingerprint density at radius 1 is 1.50 bits per heavy atom. The number of carboxylic acids is 1. The maximum atomic E-state index is 11.7. The lowest BCUT2D eigenvalue weighted by atomic mass is 10.1. The minimum absolute atomic E-state index is 0.00875. The Bertz CT molecular complexity index is 518. The molecule has 6 nitrogen and oxygen atoms in total. The molecule has 0 radical (unpaired) electrons. The number of carbonyl (C=O) groups excluding carboxylic acids is 1. The van der Waals surface area contributed by atoms with Gasteiger partial charge >= 0.3 is 5.97 Å². The molecule has 1 aliphatic heterocycles. The molecule has 0 bridgehead atoms. The van der Waals surface area contributed by atoms with Crippen molar-refractivity contribution >= 4 is 17.6 Å². The van der Waals surface area contributed by atoms with Gasteiger partial charge in [0, 0.05) is 13.1 Å². The topological polar surface area (TPSA) is 82.6 Å². The monoisotopic (exact) mass is 250 g/mol. The predicted molar refractivity (Wildman–Crippen MR) is 62.9 cm³/mol. The summed E-state index contributed by atoms with van der Waals surface area (Å²) in [5, 5.41) is 9.09. The molecule has 2 N–H and O–H groups in total. The van der Waals surface area contributed by atoms with Crippen LogP contribution in [0.2, 0.25) is 0 Å². The first-order chi connectivity index (χ1) is 8.58. The third kappa shape index (κ3) is 1.64. The zero-order chi connectivity index (χ0) is 12.9. The number of H-pyrrole nitrogens is 1. The van der Waals surface area contributed by atoms with Crippen molar-refractivity contribution in [3.8, 4) is 5.75 Å². The quantitative estimate of drug-likeness (QED) is 0.827. The second-order valence-corrected chi connectivity index (χ2v) is 4.81. The van der Waals surface area contributed by atoms with E-state index in [2.05, 4.69) is 4.98 Å². The van der Waals surface area contributed by atoms with Gasteiger partial charge in [-0.15, -0.1) is 0 Å². The number of nitrogens with zero attached hydrogens (tertiary/aromatic N) is 1. The fraction of sp³-hybridized carbons (Fsp3) is 0.500. The van der Waals surface area contributed by atoms with Crippen LogP contribution in [0.5, 0.6) is 5.75 Å². The van der Waals surface area contributed by atoms with Gasteiger partial charge in [0.25, 0.3) is 0 Å². The van der Waals surface area contributed by atoms with E-state index in [1.165, 1.54) is 18.0 Å². The lowest BCUT2D eigenvalue weighted by Gasteiger charge is -2.33. The average molecular weight is 250 g/mol. The van der Waals surface area contributed by atoms with Crippen LogP contribution in [-0.2, 0) is 4.79 Å². The van der Waals surface area contributed by atoms with Crippen LogP contribution in [0.15, 0.2) is 6.20 Å². The number of aromatic nitrogens is 1. The summed E-state index contributed by atoms with van der Waals surface area (Å²) >= 11 is 0. The van der Waals surface area contributed by atoms with Crippen molar-refractivity contribution in [3.63, 3.8) is 0 Å². The fourth-order valence-corrected chi connectivity index (χ4v) is 2.39. The molecule has 1 fully saturated rings. The summed E-state index contributed by atoms with van der Waals surface area (Å²) in [7, 11) is 0. The highest BCUT2D eigenvalue weighted by molar-refractivity contribution is 6.02. The number of aromatic amines is 1. The van der Waals surface area contributed by atoms with Crippen LogP contribution in [0, 0.1) is 5.92 Å². The molecule has 1 unspecified atom stereocenters. The van der Waals surface area contributed by atoms with Gasteiger partial charge in [-0.3, -0.25) is 4.79 Å². The molecule has 1 atom stereocenters. The van der Waals surface area contributed by atoms with E-state index in [1.54, 1.807) is 0 Å². The van der Waals surface area contributed by atoms with Crippen molar-refractivity contribution in [1.29, 1.82) is 0 Å². The van der Waals surface area contributed by atoms with E-state index < -0.39 is 5.97 Å². The van der Waals surface area contributed by atoms with Crippen LogP contribution in [0.25, 0.3) is 0 Å². The van der Waals surface area contributed by atoms with E-state index in [-0.39, 0.29) is 17.7 Å². The highest BCUT2D eigenvalue weighted by Gasteiger charge is 2.40. The van der Waals surface area contributed by atoms with Gasteiger partial charge in [0.15, 0.2) is 11.4 Å². The Hall–Kier alpha value is -1.98. The highest BCUT2D eigenvalue weighted by Crippen LogP contribution is 2.43. The molecule has 0 saturated heterocycles. The minimum atomic E-state index is -1.09. The van der Waals surface area contributed by atoms with Crippen molar-refractivity contribution in [2.24, 2.45) is 5.92 Å². The number of aromatic carboxylic acids is 1. The van der Waals surface area contributed by atoms with Crippen LogP contribution in [0.3, 0.4) is 0 Å². The first-order valence-electron chi connectivity index (χ1n) is 5.97. The number of ether oxygens (including phenoxy) is 1. The van der Waals surface area contributed by atoms with E-state index >= 15 is 0 Å². The summed E-state index contributed by atoms with van der Waals surface area (Å²) in [6, 6.07) is 0. The molecule has 6 heteroatoms. The lowest BCUT2D eigenvalue weighted by Crippen LogP contribution is -2.43. The Labute approximate surface area is 104 Å². The summed E-state index contributed by atoms with van der Waals surface area (Å²) < 4.78 is 5.78. The smallest absolute Gasteiger partial charge is 0.354 e. The van der Waals surface area contributed by atoms with Crippen LogP contribution in [0.4, 0.5) is 5.69 Å². The molecular weight excluding hydrogens is 236 g/mol. The molecule has 1 aromatic heterocycles. The number of carboxylic acid groups (broad SMARTS) is 1. The zero-order valence-electron chi connectivity index (χ0n) is 9.97. The maximum Gasteiger partial charge on any atom is 0.354 e. The van der Waals surface area contributed by atoms with Gasteiger partial charge in [0.1, 0.15) is 11.8 Å². The molecule has 1 aliphatic carbocycles. The Morgan fingerprint density at radius 3 is 2.78 bits per heavy atom. The van der Waals surface area contributed by atoms with E-state index in [0.29, 0.717) is 23.9 Å². The molecular formula is C12H14N2O4. The van der Waals surface area contributed by atoms with Crippen LogP contribution < -0.4 is 9.64 Å². The third-order valence-electron chi connectivity index (χ3n) is 3.47. The van der Waals surface area contributed by atoms with Crippen LogP contribution >= 0.6 is 0 Å². The fourth-order valence-electron chi connectivity index (χ4n) is 2.39. The largest absolute Gasteiger partial charge is 0.484 e. The number of rotatable bonds is 2.